The van der Waals surface area contributed by atoms with Crippen molar-refractivity contribution in [2.75, 3.05) is 13.1 Å². The lowest BCUT2D eigenvalue weighted by Crippen LogP contribution is -2.42. The normalized spacial score (nSPS) is 17.5. The zero-order chi connectivity index (χ0) is 14.0. The fourth-order valence-electron chi connectivity index (χ4n) is 2.61. The summed E-state index contributed by atoms with van der Waals surface area (Å²) in [5.74, 6) is 0.719. The van der Waals surface area contributed by atoms with Crippen LogP contribution in [-0.4, -0.2) is 29.9 Å². The Hall–Kier alpha value is -0.330. The van der Waals surface area contributed by atoms with Crippen LogP contribution in [0.25, 0.3) is 0 Å². The zero-order valence-electron chi connectivity index (χ0n) is 11.9. The van der Waals surface area contributed by atoms with Gasteiger partial charge >= 0.3 is 0 Å². The van der Waals surface area contributed by atoms with Crippen molar-refractivity contribution in [1.82, 2.24) is 4.90 Å². The predicted molar refractivity (Wildman–Crippen MR) is 93.4 cm³/mol. The minimum atomic E-state index is 0. The molecule has 2 rings (SSSR count). The van der Waals surface area contributed by atoms with Crippen LogP contribution in [0, 0.1) is 16.4 Å². The van der Waals surface area contributed by atoms with E-state index in [1.54, 1.807) is 0 Å². The number of hydrogen-bond acceptors (Lipinski definition) is 2. The average molecular weight is 409 g/mol. The van der Waals surface area contributed by atoms with E-state index in [-0.39, 0.29) is 24.4 Å². The fourth-order valence-corrected chi connectivity index (χ4v) is 3.20. The molecule has 1 aromatic carbocycles. The number of amides is 1. The molecule has 2 N–H and O–H groups in total. The molecule has 1 aromatic rings. The van der Waals surface area contributed by atoms with Gasteiger partial charge in [-0.15, -0.1) is 12.4 Å². The van der Waals surface area contributed by atoms with E-state index in [0.717, 1.165) is 40.6 Å². The number of carbonyl (C=O) groups excluding carboxylic acids is 1. The van der Waals surface area contributed by atoms with Crippen molar-refractivity contribution in [3.8, 4) is 0 Å². The predicted octanol–water partition coefficient (Wildman–Crippen LogP) is 3.22. The van der Waals surface area contributed by atoms with Gasteiger partial charge in [-0.25, -0.2) is 0 Å². The van der Waals surface area contributed by atoms with E-state index >= 15 is 0 Å². The van der Waals surface area contributed by atoms with Crippen LogP contribution in [-0.2, 0) is 0 Å². The number of piperidine rings is 1. The summed E-state index contributed by atoms with van der Waals surface area (Å²) in [5, 5.41) is 0. The van der Waals surface area contributed by atoms with Crippen molar-refractivity contribution < 1.29 is 4.79 Å². The number of aryl methyl sites for hydroxylation is 1. The molecule has 1 saturated heterocycles. The Labute approximate surface area is 140 Å². The molecular formula is C15H22ClIN2O. The number of halogens is 2. The van der Waals surface area contributed by atoms with E-state index in [9.17, 15) is 4.79 Å². The van der Waals surface area contributed by atoms with Crippen molar-refractivity contribution in [2.24, 2.45) is 11.7 Å². The summed E-state index contributed by atoms with van der Waals surface area (Å²) in [6.45, 7) is 5.76. The first-order valence-electron chi connectivity index (χ1n) is 6.80. The maximum atomic E-state index is 12.5. The van der Waals surface area contributed by atoms with E-state index in [4.69, 9.17) is 5.73 Å². The maximum absolute atomic E-state index is 12.5. The smallest absolute Gasteiger partial charge is 0.254 e. The monoisotopic (exact) mass is 408 g/mol. The molecule has 1 aliphatic heterocycles. The second kappa shape index (κ2) is 7.61. The van der Waals surface area contributed by atoms with Crippen molar-refractivity contribution >= 4 is 40.9 Å². The standard InChI is InChI=1S/C15H21IN2O.ClH/c1-10-4-3-5-13(14(10)16)15(19)18-8-6-12(7-9-18)11(2)17;/h3-5,11-12H,6-9,17H2,1-2H3;1H. The second-order valence-corrected chi connectivity index (χ2v) is 6.50. The molecule has 1 fully saturated rings. The zero-order valence-corrected chi connectivity index (χ0v) is 14.9. The topological polar surface area (TPSA) is 46.3 Å². The highest BCUT2D eigenvalue weighted by atomic mass is 127. The molecule has 0 aromatic heterocycles. The van der Waals surface area contributed by atoms with E-state index in [0.29, 0.717) is 5.92 Å². The van der Waals surface area contributed by atoms with Gasteiger partial charge in [-0.05, 0) is 66.8 Å². The Kier molecular flexibility index (Phi) is 6.75. The first kappa shape index (κ1) is 17.7. The molecule has 20 heavy (non-hydrogen) atoms. The van der Waals surface area contributed by atoms with Crippen LogP contribution in [0.15, 0.2) is 18.2 Å². The number of nitrogens with zero attached hydrogens (tertiary/aromatic N) is 1. The number of nitrogens with two attached hydrogens (primary N) is 1. The Morgan fingerprint density at radius 3 is 2.55 bits per heavy atom. The Bertz CT molecular complexity index is 471. The number of benzene rings is 1. The van der Waals surface area contributed by atoms with Gasteiger partial charge in [0.1, 0.15) is 0 Å². The van der Waals surface area contributed by atoms with Crippen LogP contribution >= 0.6 is 35.0 Å². The van der Waals surface area contributed by atoms with Gasteiger partial charge in [0.25, 0.3) is 5.91 Å². The first-order chi connectivity index (χ1) is 9.00. The molecule has 0 spiro atoms. The van der Waals surface area contributed by atoms with E-state index in [2.05, 4.69) is 29.5 Å². The molecular weight excluding hydrogens is 387 g/mol. The lowest BCUT2D eigenvalue weighted by Gasteiger charge is -2.34. The van der Waals surface area contributed by atoms with E-state index < -0.39 is 0 Å². The summed E-state index contributed by atoms with van der Waals surface area (Å²) in [5.41, 5.74) is 7.94. The Morgan fingerprint density at radius 1 is 1.40 bits per heavy atom. The summed E-state index contributed by atoms with van der Waals surface area (Å²) >= 11 is 2.26. The van der Waals surface area contributed by atoms with Gasteiger partial charge in [0.05, 0.1) is 5.56 Å². The number of carbonyl (C=O) groups is 1. The summed E-state index contributed by atoms with van der Waals surface area (Å²) < 4.78 is 1.07. The van der Waals surface area contributed by atoms with Crippen LogP contribution in [0.5, 0.6) is 0 Å². The van der Waals surface area contributed by atoms with Crippen molar-refractivity contribution in [3.05, 3.63) is 32.9 Å². The molecule has 1 atom stereocenters. The average Bonchev–Trinajstić information content (AvgIpc) is 2.41. The van der Waals surface area contributed by atoms with Gasteiger partial charge in [0, 0.05) is 22.7 Å². The first-order valence-corrected chi connectivity index (χ1v) is 7.88. The van der Waals surface area contributed by atoms with Crippen LogP contribution in [0.3, 0.4) is 0 Å². The molecule has 1 amide bonds. The Morgan fingerprint density at radius 2 is 2.00 bits per heavy atom. The van der Waals surface area contributed by atoms with Gasteiger partial charge in [0.2, 0.25) is 0 Å². The van der Waals surface area contributed by atoms with Crippen molar-refractivity contribution in [3.63, 3.8) is 0 Å². The largest absolute Gasteiger partial charge is 0.339 e. The van der Waals surface area contributed by atoms with Crippen LogP contribution in [0.2, 0.25) is 0 Å². The molecule has 1 unspecified atom stereocenters. The third-order valence-corrected chi connectivity index (χ3v) is 5.42. The Balaban J connectivity index is 0.00000200. The number of hydrogen-bond donors (Lipinski definition) is 1. The minimum Gasteiger partial charge on any atom is -0.339 e. The highest BCUT2D eigenvalue weighted by molar-refractivity contribution is 14.1. The summed E-state index contributed by atoms with van der Waals surface area (Å²) in [7, 11) is 0. The van der Waals surface area contributed by atoms with Crippen LogP contribution in [0.1, 0.15) is 35.7 Å². The maximum Gasteiger partial charge on any atom is 0.254 e. The highest BCUT2D eigenvalue weighted by Gasteiger charge is 2.26. The van der Waals surface area contributed by atoms with Crippen LogP contribution in [0.4, 0.5) is 0 Å². The molecule has 0 bridgehead atoms. The highest BCUT2D eigenvalue weighted by Crippen LogP contribution is 2.23. The molecule has 1 aliphatic rings. The van der Waals surface area contributed by atoms with Gasteiger partial charge in [0.15, 0.2) is 0 Å². The lowest BCUT2D eigenvalue weighted by atomic mass is 9.90. The number of likely N-dealkylation sites (tertiary alicyclic amines) is 1. The van der Waals surface area contributed by atoms with Crippen molar-refractivity contribution in [1.29, 1.82) is 0 Å². The van der Waals surface area contributed by atoms with E-state index in [1.807, 2.05) is 30.0 Å². The minimum absolute atomic E-state index is 0. The van der Waals surface area contributed by atoms with E-state index in [1.165, 1.54) is 0 Å². The lowest BCUT2D eigenvalue weighted by molar-refractivity contribution is 0.0680. The second-order valence-electron chi connectivity index (χ2n) is 5.43. The van der Waals surface area contributed by atoms with Gasteiger partial charge in [-0.1, -0.05) is 12.1 Å². The molecule has 5 heteroatoms. The molecule has 0 aliphatic carbocycles. The summed E-state index contributed by atoms with van der Waals surface area (Å²) in [6.07, 6.45) is 2.04. The molecule has 3 nitrogen and oxygen atoms in total. The number of rotatable bonds is 2. The summed E-state index contributed by atoms with van der Waals surface area (Å²) in [6, 6.07) is 6.16. The molecule has 112 valence electrons. The SMILES string of the molecule is Cc1cccc(C(=O)N2CCC(C(C)N)CC2)c1I.Cl. The molecule has 0 saturated carbocycles. The van der Waals surface area contributed by atoms with Crippen LogP contribution < -0.4 is 5.73 Å². The third-order valence-electron chi connectivity index (χ3n) is 3.99. The van der Waals surface area contributed by atoms with Crippen molar-refractivity contribution in [2.45, 2.75) is 32.7 Å². The molecule has 1 heterocycles. The molecule has 0 radical (unpaired) electrons. The quantitative estimate of drug-likeness (QED) is 0.764. The van der Waals surface area contributed by atoms with Gasteiger partial charge < -0.3 is 10.6 Å². The summed E-state index contributed by atoms with van der Waals surface area (Å²) in [4.78, 5) is 14.5. The third kappa shape index (κ3) is 3.86. The van der Waals surface area contributed by atoms with Gasteiger partial charge in [-0.2, -0.15) is 0 Å². The fraction of sp³-hybridized carbons (Fsp3) is 0.533. The van der Waals surface area contributed by atoms with Gasteiger partial charge in [-0.3, -0.25) is 4.79 Å².